The van der Waals surface area contributed by atoms with E-state index >= 15 is 0 Å². The maximum absolute atomic E-state index is 3.57. The van der Waals surface area contributed by atoms with Gasteiger partial charge in [-0.15, -0.1) is 0 Å². The minimum absolute atomic E-state index is 0.827. The van der Waals surface area contributed by atoms with Gasteiger partial charge in [0.25, 0.3) is 0 Å². The SMILES string of the molecule is CN(C)c1ccc(Br)cc1NCc1cccc2c1NCC2. The third-order valence-corrected chi connectivity index (χ3v) is 4.34. The van der Waals surface area contributed by atoms with E-state index in [1.165, 1.54) is 22.5 Å². The summed E-state index contributed by atoms with van der Waals surface area (Å²) in [4.78, 5) is 2.13. The Morgan fingerprint density at radius 3 is 2.90 bits per heavy atom. The number of rotatable bonds is 4. The zero-order chi connectivity index (χ0) is 14.8. The molecule has 0 fully saturated rings. The van der Waals surface area contributed by atoms with Crippen LogP contribution in [0.3, 0.4) is 0 Å². The normalized spacial score (nSPS) is 12.7. The fourth-order valence-electron chi connectivity index (χ4n) is 2.79. The van der Waals surface area contributed by atoms with Gasteiger partial charge in [-0.25, -0.2) is 0 Å². The molecule has 0 saturated heterocycles. The second-order valence-electron chi connectivity index (χ2n) is 5.54. The molecule has 3 rings (SSSR count). The number of nitrogens with zero attached hydrogens (tertiary/aromatic N) is 1. The van der Waals surface area contributed by atoms with Crippen molar-refractivity contribution in [2.24, 2.45) is 0 Å². The van der Waals surface area contributed by atoms with Crippen molar-refractivity contribution >= 4 is 33.0 Å². The zero-order valence-electron chi connectivity index (χ0n) is 12.4. The molecule has 1 aliphatic rings. The van der Waals surface area contributed by atoms with Crippen LogP contribution in [0.15, 0.2) is 40.9 Å². The van der Waals surface area contributed by atoms with Crippen LogP contribution in [0, 0.1) is 0 Å². The molecule has 110 valence electrons. The van der Waals surface area contributed by atoms with Gasteiger partial charge in [-0.2, -0.15) is 0 Å². The monoisotopic (exact) mass is 345 g/mol. The van der Waals surface area contributed by atoms with Gasteiger partial charge in [0, 0.05) is 37.3 Å². The lowest BCUT2D eigenvalue weighted by atomic mass is 10.1. The van der Waals surface area contributed by atoms with E-state index in [9.17, 15) is 0 Å². The molecule has 2 aromatic carbocycles. The second-order valence-corrected chi connectivity index (χ2v) is 6.45. The Hall–Kier alpha value is -1.68. The van der Waals surface area contributed by atoms with E-state index < -0.39 is 0 Å². The average molecular weight is 346 g/mol. The molecule has 0 spiro atoms. The fraction of sp³-hybridized carbons (Fsp3) is 0.294. The summed E-state index contributed by atoms with van der Waals surface area (Å²) in [5, 5.41) is 7.06. The molecule has 0 bridgehead atoms. The highest BCUT2D eigenvalue weighted by Crippen LogP contribution is 2.31. The number of benzene rings is 2. The summed E-state index contributed by atoms with van der Waals surface area (Å²) in [6, 6.07) is 12.9. The van der Waals surface area contributed by atoms with E-state index in [1.54, 1.807) is 0 Å². The fourth-order valence-corrected chi connectivity index (χ4v) is 3.15. The summed E-state index contributed by atoms with van der Waals surface area (Å²) in [5.41, 5.74) is 6.40. The smallest absolute Gasteiger partial charge is 0.0597 e. The summed E-state index contributed by atoms with van der Waals surface area (Å²) < 4.78 is 1.09. The van der Waals surface area contributed by atoms with Crippen molar-refractivity contribution in [3.8, 4) is 0 Å². The lowest BCUT2D eigenvalue weighted by Gasteiger charge is -2.19. The van der Waals surface area contributed by atoms with Crippen LogP contribution in [0.4, 0.5) is 17.1 Å². The predicted molar refractivity (Wildman–Crippen MR) is 94.4 cm³/mol. The quantitative estimate of drug-likeness (QED) is 0.873. The number of anilines is 3. The molecule has 2 N–H and O–H groups in total. The number of hydrogen-bond donors (Lipinski definition) is 2. The van der Waals surface area contributed by atoms with Gasteiger partial charge in [0.1, 0.15) is 0 Å². The Morgan fingerprint density at radius 1 is 1.24 bits per heavy atom. The summed E-state index contributed by atoms with van der Waals surface area (Å²) in [6.45, 7) is 1.87. The van der Waals surface area contributed by atoms with Crippen LogP contribution in [0.2, 0.25) is 0 Å². The van der Waals surface area contributed by atoms with Crippen molar-refractivity contribution in [1.29, 1.82) is 0 Å². The molecule has 1 heterocycles. The van der Waals surface area contributed by atoms with E-state index in [1.807, 2.05) is 0 Å². The molecule has 0 unspecified atom stereocenters. The summed E-state index contributed by atoms with van der Waals surface area (Å²) in [7, 11) is 4.13. The molecule has 2 aromatic rings. The van der Waals surface area contributed by atoms with E-state index in [-0.39, 0.29) is 0 Å². The number of fused-ring (bicyclic) bond motifs is 1. The first-order valence-corrected chi connectivity index (χ1v) is 8.00. The molecular weight excluding hydrogens is 326 g/mol. The van der Waals surface area contributed by atoms with Gasteiger partial charge in [0.15, 0.2) is 0 Å². The Balaban J connectivity index is 1.83. The highest BCUT2D eigenvalue weighted by Gasteiger charge is 2.13. The number of hydrogen-bond acceptors (Lipinski definition) is 3. The van der Waals surface area contributed by atoms with Crippen LogP contribution in [-0.4, -0.2) is 20.6 Å². The van der Waals surface area contributed by atoms with Crippen molar-refractivity contribution in [1.82, 2.24) is 0 Å². The Labute approximate surface area is 134 Å². The minimum Gasteiger partial charge on any atom is -0.384 e. The first-order valence-electron chi connectivity index (χ1n) is 7.20. The van der Waals surface area contributed by atoms with Crippen molar-refractivity contribution in [2.45, 2.75) is 13.0 Å². The lowest BCUT2D eigenvalue weighted by Crippen LogP contribution is -2.12. The van der Waals surface area contributed by atoms with Crippen LogP contribution in [0.5, 0.6) is 0 Å². The molecule has 3 nitrogen and oxygen atoms in total. The van der Waals surface area contributed by atoms with E-state index in [2.05, 4.69) is 82.0 Å². The number of nitrogens with one attached hydrogen (secondary N) is 2. The van der Waals surface area contributed by atoms with Crippen LogP contribution in [0.25, 0.3) is 0 Å². The van der Waals surface area contributed by atoms with Crippen LogP contribution in [0.1, 0.15) is 11.1 Å². The molecule has 4 heteroatoms. The van der Waals surface area contributed by atoms with E-state index in [0.717, 1.165) is 29.7 Å². The minimum atomic E-state index is 0.827. The van der Waals surface area contributed by atoms with Crippen molar-refractivity contribution < 1.29 is 0 Å². The molecule has 0 saturated carbocycles. The molecule has 0 atom stereocenters. The topological polar surface area (TPSA) is 27.3 Å². The van der Waals surface area contributed by atoms with Crippen molar-refractivity contribution in [3.63, 3.8) is 0 Å². The van der Waals surface area contributed by atoms with Crippen molar-refractivity contribution in [3.05, 3.63) is 52.0 Å². The molecule has 0 aliphatic carbocycles. The Morgan fingerprint density at radius 2 is 2.10 bits per heavy atom. The summed E-state index contributed by atoms with van der Waals surface area (Å²) >= 11 is 3.55. The van der Waals surface area contributed by atoms with Crippen LogP contribution >= 0.6 is 15.9 Å². The molecular formula is C17H20BrN3. The zero-order valence-corrected chi connectivity index (χ0v) is 14.0. The van der Waals surface area contributed by atoms with Gasteiger partial charge in [-0.1, -0.05) is 34.1 Å². The second kappa shape index (κ2) is 5.98. The van der Waals surface area contributed by atoms with Crippen LogP contribution < -0.4 is 15.5 Å². The third-order valence-electron chi connectivity index (χ3n) is 3.84. The summed E-state index contributed by atoms with van der Waals surface area (Å²) in [6.07, 6.45) is 1.13. The maximum Gasteiger partial charge on any atom is 0.0597 e. The first-order chi connectivity index (χ1) is 10.1. The molecule has 1 aliphatic heterocycles. The summed E-state index contributed by atoms with van der Waals surface area (Å²) in [5.74, 6) is 0. The molecule has 0 amide bonds. The molecule has 0 aromatic heterocycles. The Kier molecular flexibility index (Phi) is 4.06. The number of halogens is 1. The predicted octanol–water partition coefficient (Wildman–Crippen LogP) is 4.10. The largest absolute Gasteiger partial charge is 0.384 e. The molecule has 21 heavy (non-hydrogen) atoms. The van der Waals surface area contributed by atoms with Crippen LogP contribution in [-0.2, 0) is 13.0 Å². The van der Waals surface area contributed by atoms with Gasteiger partial charge in [0.2, 0.25) is 0 Å². The van der Waals surface area contributed by atoms with Gasteiger partial charge < -0.3 is 15.5 Å². The Bertz CT molecular complexity index is 652. The van der Waals surface area contributed by atoms with Crippen molar-refractivity contribution in [2.75, 3.05) is 36.2 Å². The average Bonchev–Trinajstić information content (AvgIpc) is 2.93. The van der Waals surface area contributed by atoms with Gasteiger partial charge in [0.05, 0.1) is 11.4 Å². The van der Waals surface area contributed by atoms with E-state index in [4.69, 9.17) is 0 Å². The van der Waals surface area contributed by atoms with E-state index in [0.29, 0.717) is 0 Å². The van der Waals surface area contributed by atoms with Gasteiger partial charge in [-0.05, 0) is 35.7 Å². The molecule has 0 radical (unpaired) electrons. The standard InChI is InChI=1S/C17H20BrN3/c1-21(2)16-7-6-14(18)10-15(16)20-11-13-5-3-4-12-8-9-19-17(12)13/h3-7,10,19-20H,8-9,11H2,1-2H3. The third kappa shape index (κ3) is 3.00. The van der Waals surface area contributed by atoms with Gasteiger partial charge in [-0.3, -0.25) is 0 Å². The number of para-hydroxylation sites is 1. The first kappa shape index (κ1) is 14.3. The highest BCUT2D eigenvalue weighted by atomic mass is 79.9. The maximum atomic E-state index is 3.57. The highest BCUT2D eigenvalue weighted by molar-refractivity contribution is 9.10. The van der Waals surface area contributed by atoms with Gasteiger partial charge >= 0.3 is 0 Å². The lowest BCUT2D eigenvalue weighted by molar-refractivity contribution is 1.10.